The zero-order valence-corrected chi connectivity index (χ0v) is 9.16. The molecule has 0 aliphatic carbocycles. The summed E-state index contributed by atoms with van der Waals surface area (Å²) < 4.78 is 5.74. The molecule has 3 heterocycles. The van der Waals surface area contributed by atoms with E-state index in [9.17, 15) is 10.2 Å². The maximum Gasteiger partial charge on any atom is 0.235 e. The van der Waals surface area contributed by atoms with Crippen molar-refractivity contribution in [3.8, 4) is 17.5 Å². The van der Waals surface area contributed by atoms with Crippen molar-refractivity contribution in [3.05, 3.63) is 17.2 Å². The number of rotatable bonds is 0. The van der Waals surface area contributed by atoms with Crippen molar-refractivity contribution in [1.29, 1.82) is 0 Å². The van der Waals surface area contributed by atoms with Gasteiger partial charge in [0.1, 0.15) is 5.60 Å². The summed E-state index contributed by atoms with van der Waals surface area (Å²) in [6, 6.07) is -0.122. The molecule has 16 heavy (non-hydrogen) atoms. The molecule has 2 aliphatic heterocycles. The molecular formula is C11H14N2O3. The summed E-state index contributed by atoms with van der Waals surface area (Å²) >= 11 is 0. The van der Waals surface area contributed by atoms with E-state index >= 15 is 0 Å². The highest BCUT2D eigenvalue weighted by Gasteiger charge is 2.49. The van der Waals surface area contributed by atoms with Gasteiger partial charge in [0.2, 0.25) is 5.88 Å². The average molecular weight is 222 g/mol. The number of aromatic nitrogens is 1. The Bertz CT molecular complexity index is 492. The molecule has 0 saturated heterocycles. The van der Waals surface area contributed by atoms with Crippen LogP contribution in [0.2, 0.25) is 0 Å². The summed E-state index contributed by atoms with van der Waals surface area (Å²) in [5.41, 5.74) is 1.27. The van der Waals surface area contributed by atoms with E-state index in [0.29, 0.717) is 11.3 Å². The third kappa shape index (κ3) is 1.03. The molecule has 0 aromatic carbocycles. The number of aromatic amines is 1. The fraction of sp³-hybridized carbons (Fsp3) is 0.455. The van der Waals surface area contributed by atoms with Crippen LogP contribution in [0.4, 0.5) is 0 Å². The predicted molar refractivity (Wildman–Crippen MR) is 57.7 cm³/mol. The lowest BCUT2D eigenvalue weighted by molar-refractivity contribution is 0.116. The number of hydrogen-bond donors (Lipinski definition) is 4. The maximum atomic E-state index is 9.72. The van der Waals surface area contributed by atoms with Crippen molar-refractivity contribution < 1.29 is 14.9 Å². The van der Waals surface area contributed by atoms with Crippen molar-refractivity contribution in [2.24, 2.45) is 0 Å². The van der Waals surface area contributed by atoms with Gasteiger partial charge in [0, 0.05) is 6.54 Å². The molecule has 0 bridgehead atoms. The van der Waals surface area contributed by atoms with Crippen LogP contribution in [0.5, 0.6) is 17.5 Å². The van der Waals surface area contributed by atoms with Crippen LogP contribution in [-0.4, -0.2) is 27.3 Å². The molecule has 0 amide bonds. The minimum absolute atomic E-state index is 0.0262. The molecule has 1 aromatic rings. The highest BCUT2D eigenvalue weighted by atomic mass is 16.5. The molecule has 1 aromatic heterocycles. The number of aromatic hydroxyl groups is 2. The Morgan fingerprint density at radius 3 is 2.94 bits per heavy atom. The van der Waals surface area contributed by atoms with Gasteiger partial charge in [-0.25, -0.2) is 0 Å². The molecule has 5 heteroatoms. The summed E-state index contributed by atoms with van der Waals surface area (Å²) in [5, 5.41) is 22.6. The van der Waals surface area contributed by atoms with E-state index in [4.69, 9.17) is 4.74 Å². The zero-order valence-electron chi connectivity index (χ0n) is 9.16. The van der Waals surface area contributed by atoms with Crippen molar-refractivity contribution in [1.82, 2.24) is 10.3 Å². The summed E-state index contributed by atoms with van der Waals surface area (Å²) in [6.07, 6.45) is 2.03. The summed E-state index contributed by atoms with van der Waals surface area (Å²) in [5.74, 6) is 0.209. The molecule has 2 aliphatic rings. The van der Waals surface area contributed by atoms with Gasteiger partial charge in [-0.3, -0.25) is 4.98 Å². The summed E-state index contributed by atoms with van der Waals surface area (Å²) in [7, 11) is 0. The lowest BCUT2D eigenvalue weighted by Crippen LogP contribution is -2.44. The molecule has 0 spiro atoms. The normalized spacial score (nSPS) is 31.6. The molecule has 2 atom stereocenters. The lowest BCUT2D eigenvalue weighted by atomic mass is 9.88. The van der Waals surface area contributed by atoms with Gasteiger partial charge in [-0.2, -0.15) is 0 Å². The summed E-state index contributed by atoms with van der Waals surface area (Å²) in [4.78, 5) is 2.46. The number of H-pyrrole nitrogens is 1. The summed E-state index contributed by atoms with van der Waals surface area (Å²) in [6.45, 7) is 4.72. The average Bonchev–Trinajstić information content (AvgIpc) is 2.61. The van der Waals surface area contributed by atoms with Gasteiger partial charge < -0.3 is 20.3 Å². The standard InChI is InChI=1S/C11H14N2O3/c1-5-3-11(2)8(12-4-5)6-7(16-11)10(15)13-9(6)14/h3,8,12-15H,4H2,1-2H3/t8-,11-/m0/s1. The first kappa shape index (κ1) is 9.59. The SMILES string of the molecule is CC1=C[C@]2(C)Oc3c(O)[nH]c(O)c3[C@@H]2NC1. The van der Waals surface area contributed by atoms with E-state index < -0.39 is 5.60 Å². The van der Waals surface area contributed by atoms with Gasteiger partial charge >= 0.3 is 0 Å². The molecule has 0 fully saturated rings. The first-order valence-electron chi connectivity index (χ1n) is 5.26. The van der Waals surface area contributed by atoms with Crippen LogP contribution in [0.25, 0.3) is 0 Å². The molecule has 3 rings (SSSR count). The van der Waals surface area contributed by atoms with E-state index in [0.717, 1.165) is 6.54 Å². The van der Waals surface area contributed by atoms with E-state index in [1.165, 1.54) is 5.57 Å². The van der Waals surface area contributed by atoms with Crippen LogP contribution < -0.4 is 10.1 Å². The van der Waals surface area contributed by atoms with E-state index in [1.54, 1.807) is 0 Å². The van der Waals surface area contributed by atoms with E-state index in [1.807, 2.05) is 19.9 Å². The fourth-order valence-electron chi connectivity index (χ4n) is 2.63. The minimum atomic E-state index is -0.531. The molecule has 0 saturated carbocycles. The molecular weight excluding hydrogens is 208 g/mol. The van der Waals surface area contributed by atoms with Gasteiger partial charge in [-0.1, -0.05) is 5.57 Å². The van der Waals surface area contributed by atoms with Gasteiger partial charge in [-0.15, -0.1) is 0 Å². The third-order valence-corrected chi connectivity index (χ3v) is 3.25. The second-order valence-corrected chi connectivity index (χ2v) is 4.66. The molecule has 0 unspecified atom stereocenters. The van der Waals surface area contributed by atoms with Crippen molar-refractivity contribution in [3.63, 3.8) is 0 Å². The smallest absolute Gasteiger partial charge is 0.235 e. The first-order valence-corrected chi connectivity index (χ1v) is 5.26. The Hall–Kier alpha value is -1.62. The van der Waals surface area contributed by atoms with E-state index in [2.05, 4.69) is 10.3 Å². The quantitative estimate of drug-likeness (QED) is 0.497. The Kier molecular flexibility index (Phi) is 1.64. The largest absolute Gasteiger partial charge is 0.494 e. The monoisotopic (exact) mass is 222 g/mol. The van der Waals surface area contributed by atoms with Crippen LogP contribution >= 0.6 is 0 Å². The van der Waals surface area contributed by atoms with Crippen molar-refractivity contribution >= 4 is 0 Å². The van der Waals surface area contributed by atoms with Gasteiger partial charge in [-0.05, 0) is 19.9 Å². The lowest BCUT2D eigenvalue weighted by Gasteiger charge is -2.33. The number of hydrogen-bond acceptors (Lipinski definition) is 4. The highest BCUT2D eigenvalue weighted by molar-refractivity contribution is 5.57. The fourth-order valence-corrected chi connectivity index (χ4v) is 2.63. The molecule has 4 N–H and O–H groups in total. The predicted octanol–water partition coefficient (Wildman–Crippen LogP) is 1.17. The van der Waals surface area contributed by atoms with Crippen LogP contribution in [-0.2, 0) is 0 Å². The minimum Gasteiger partial charge on any atom is -0.494 e. The maximum absolute atomic E-state index is 9.72. The second-order valence-electron chi connectivity index (χ2n) is 4.66. The Morgan fingerprint density at radius 2 is 2.19 bits per heavy atom. The molecule has 5 nitrogen and oxygen atoms in total. The van der Waals surface area contributed by atoms with Gasteiger partial charge in [0.25, 0.3) is 0 Å². The van der Waals surface area contributed by atoms with Crippen molar-refractivity contribution in [2.75, 3.05) is 6.54 Å². The zero-order chi connectivity index (χ0) is 11.5. The number of fused-ring (bicyclic) bond motifs is 3. The van der Waals surface area contributed by atoms with Gasteiger partial charge in [0.15, 0.2) is 11.6 Å². The Labute approximate surface area is 92.7 Å². The van der Waals surface area contributed by atoms with Crippen LogP contribution in [0.1, 0.15) is 25.5 Å². The van der Waals surface area contributed by atoms with Crippen LogP contribution in [0, 0.1) is 0 Å². The van der Waals surface area contributed by atoms with Crippen LogP contribution in [0.3, 0.4) is 0 Å². The first-order chi connectivity index (χ1) is 7.51. The molecule has 0 radical (unpaired) electrons. The van der Waals surface area contributed by atoms with Crippen molar-refractivity contribution in [2.45, 2.75) is 25.5 Å². The second kappa shape index (κ2) is 2.74. The Balaban J connectivity index is 2.15. The third-order valence-electron chi connectivity index (χ3n) is 3.25. The van der Waals surface area contributed by atoms with Crippen LogP contribution in [0.15, 0.2) is 11.6 Å². The van der Waals surface area contributed by atoms with E-state index in [-0.39, 0.29) is 17.8 Å². The highest BCUT2D eigenvalue weighted by Crippen LogP contribution is 2.53. The number of nitrogens with one attached hydrogen (secondary N) is 2. The molecule has 86 valence electrons. The topological polar surface area (TPSA) is 77.5 Å². The number of ether oxygens (including phenoxy) is 1. The van der Waals surface area contributed by atoms with Gasteiger partial charge in [0.05, 0.1) is 11.6 Å². The Morgan fingerprint density at radius 1 is 1.44 bits per heavy atom.